The molecule has 0 spiro atoms. The average Bonchev–Trinajstić information content (AvgIpc) is 3.21. The normalized spacial score (nSPS) is 15.7. The quantitative estimate of drug-likeness (QED) is 0.553. The molecule has 0 aliphatic carbocycles. The SMILES string of the molecule is CC.CC.CC1CCN(NC(O)c2cc(Cl)cc(C#N)c2)C1.COc1ccc(C)cc1. The number of aliphatic hydroxyl groups is 1. The van der Waals surface area contributed by atoms with Gasteiger partial charge in [-0.1, -0.05) is 63.9 Å². The Hall–Kier alpha value is -2.10. The predicted octanol–water partition coefficient (Wildman–Crippen LogP) is 6.11. The van der Waals surface area contributed by atoms with Crippen LogP contribution in [-0.2, 0) is 0 Å². The van der Waals surface area contributed by atoms with Crippen LogP contribution in [0.5, 0.6) is 5.75 Å². The van der Waals surface area contributed by atoms with Crippen molar-refractivity contribution in [3.05, 3.63) is 64.2 Å². The van der Waals surface area contributed by atoms with Gasteiger partial charge in [0, 0.05) is 18.1 Å². The Labute approximate surface area is 193 Å². The minimum absolute atomic E-state index is 0.452. The number of benzene rings is 2. The van der Waals surface area contributed by atoms with Crippen LogP contribution in [0.15, 0.2) is 42.5 Å². The van der Waals surface area contributed by atoms with E-state index < -0.39 is 6.23 Å². The molecule has 6 heteroatoms. The zero-order valence-corrected chi connectivity index (χ0v) is 20.7. The lowest BCUT2D eigenvalue weighted by Crippen LogP contribution is -2.38. The van der Waals surface area contributed by atoms with Gasteiger partial charge >= 0.3 is 0 Å². The molecule has 2 aromatic rings. The number of nitrogens with zero attached hydrogens (tertiary/aromatic N) is 2. The highest BCUT2D eigenvalue weighted by Crippen LogP contribution is 2.21. The Balaban J connectivity index is 0.000000582. The van der Waals surface area contributed by atoms with Crippen molar-refractivity contribution in [1.82, 2.24) is 10.4 Å². The molecule has 1 aliphatic rings. The first-order chi connectivity index (χ1) is 14.9. The average molecular weight is 448 g/mol. The maximum absolute atomic E-state index is 10.1. The van der Waals surface area contributed by atoms with Gasteiger partial charge in [0.05, 0.1) is 18.7 Å². The molecule has 5 nitrogen and oxygen atoms in total. The van der Waals surface area contributed by atoms with E-state index in [-0.39, 0.29) is 0 Å². The first kappa shape index (κ1) is 28.9. The summed E-state index contributed by atoms with van der Waals surface area (Å²) in [5.74, 6) is 1.55. The van der Waals surface area contributed by atoms with Crippen LogP contribution >= 0.6 is 11.6 Å². The maximum atomic E-state index is 10.1. The molecule has 31 heavy (non-hydrogen) atoms. The molecule has 1 aliphatic heterocycles. The van der Waals surface area contributed by atoms with Crippen molar-refractivity contribution in [2.24, 2.45) is 5.92 Å². The van der Waals surface area contributed by atoms with E-state index >= 15 is 0 Å². The van der Waals surface area contributed by atoms with Crippen LogP contribution in [0.1, 0.15) is 64.0 Å². The third kappa shape index (κ3) is 11.2. The summed E-state index contributed by atoms with van der Waals surface area (Å²) in [5, 5.41) is 21.4. The minimum atomic E-state index is -0.832. The molecule has 2 unspecified atom stereocenters. The van der Waals surface area contributed by atoms with Crippen LogP contribution in [0, 0.1) is 24.2 Å². The molecular weight excluding hydrogens is 410 g/mol. The summed E-state index contributed by atoms with van der Waals surface area (Å²) < 4.78 is 4.97. The fraction of sp³-hybridized carbons (Fsp3) is 0.480. The number of ether oxygens (including phenoxy) is 1. The summed E-state index contributed by atoms with van der Waals surface area (Å²) in [6, 6.07) is 14.9. The number of rotatable bonds is 4. The number of halogens is 1. The van der Waals surface area contributed by atoms with Crippen molar-refractivity contribution in [2.45, 2.75) is 54.2 Å². The number of aryl methyl sites for hydroxylation is 1. The van der Waals surface area contributed by atoms with Crippen LogP contribution in [-0.4, -0.2) is 30.3 Å². The largest absolute Gasteiger partial charge is 0.497 e. The summed E-state index contributed by atoms with van der Waals surface area (Å²) in [7, 11) is 1.67. The van der Waals surface area contributed by atoms with Crippen LogP contribution in [0.25, 0.3) is 0 Å². The first-order valence-corrected chi connectivity index (χ1v) is 11.3. The van der Waals surface area contributed by atoms with E-state index in [4.69, 9.17) is 21.6 Å². The van der Waals surface area contributed by atoms with Gasteiger partial charge < -0.3 is 9.84 Å². The minimum Gasteiger partial charge on any atom is -0.497 e. The van der Waals surface area contributed by atoms with Crippen molar-refractivity contribution < 1.29 is 9.84 Å². The number of hydrogen-bond acceptors (Lipinski definition) is 5. The van der Waals surface area contributed by atoms with Crippen molar-refractivity contribution in [3.8, 4) is 11.8 Å². The van der Waals surface area contributed by atoms with Crippen LogP contribution in [0.4, 0.5) is 0 Å². The van der Waals surface area contributed by atoms with E-state index in [2.05, 4.69) is 19.3 Å². The molecule has 3 rings (SSSR count). The molecule has 2 N–H and O–H groups in total. The van der Waals surface area contributed by atoms with Gasteiger partial charge in [-0.15, -0.1) is 0 Å². The van der Waals surface area contributed by atoms with Crippen molar-refractivity contribution in [1.29, 1.82) is 5.26 Å². The second-order valence-corrected chi connectivity index (χ2v) is 7.21. The zero-order valence-electron chi connectivity index (χ0n) is 19.9. The van der Waals surface area contributed by atoms with Crippen molar-refractivity contribution >= 4 is 11.6 Å². The van der Waals surface area contributed by atoms with Gasteiger partial charge in [-0.2, -0.15) is 5.26 Å². The summed E-state index contributed by atoms with van der Waals surface area (Å²) in [6.45, 7) is 14.1. The molecule has 2 atom stereocenters. The van der Waals surface area contributed by atoms with Gasteiger partial charge in [0.1, 0.15) is 12.0 Å². The number of nitriles is 1. The van der Waals surface area contributed by atoms with Crippen LogP contribution < -0.4 is 10.2 Å². The molecule has 0 radical (unpaired) electrons. The number of methoxy groups -OCH3 is 1. The Morgan fingerprint density at radius 3 is 2.26 bits per heavy atom. The van der Waals surface area contributed by atoms with Gasteiger partial charge in [0.2, 0.25) is 0 Å². The summed E-state index contributed by atoms with van der Waals surface area (Å²) in [4.78, 5) is 0. The highest BCUT2D eigenvalue weighted by Gasteiger charge is 2.21. The standard InChI is InChI=1S/C13H16ClN3O.C8H10O.2C2H6/c1-9-2-3-17(8-9)16-13(18)11-4-10(7-15)5-12(14)6-11;1-7-3-5-8(9-2)6-4-7;2*1-2/h4-6,9,13,16,18H,2-3,8H2,1H3;3-6H,1-2H3;2*1-2H3. The third-order valence-corrected chi connectivity index (χ3v) is 4.57. The summed E-state index contributed by atoms with van der Waals surface area (Å²) in [5.41, 5.74) is 5.35. The molecule has 2 aromatic carbocycles. The molecular formula is C25H38ClN3O2. The second kappa shape index (κ2) is 16.6. The zero-order chi connectivity index (χ0) is 23.8. The number of nitrogens with one attached hydrogen (secondary N) is 1. The van der Waals surface area contributed by atoms with Crippen molar-refractivity contribution in [3.63, 3.8) is 0 Å². The molecule has 1 fully saturated rings. The first-order valence-electron chi connectivity index (χ1n) is 10.9. The Bertz CT molecular complexity index is 775. The van der Waals surface area contributed by atoms with E-state index in [0.717, 1.165) is 25.3 Å². The van der Waals surface area contributed by atoms with Crippen LogP contribution in [0.2, 0.25) is 5.02 Å². The van der Waals surface area contributed by atoms with E-state index in [1.165, 1.54) is 5.56 Å². The highest BCUT2D eigenvalue weighted by molar-refractivity contribution is 6.30. The topological polar surface area (TPSA) is 68.5 Å². The molecule has 1 saturated heterocycles. The lowest BCUT2D eigenvalue weighted by atomic mass is 10.1. The lowest BCUT2D eigenvalue weighted by molar-refractivity contribution is 0.0460. The fourth-order valence-electron chi connectivity index (χ4n) is 2.81. The number of hydrazine groups is 1. The molecule has 0 saturated carbocycles. The second-order valence-electron chi connectivity index (χ2n) is 6.77. The molecule has 0 bridgehead atoms. The Morgan fingerprint density at radius 2 is 1.77 bits per heavy atom. The van der Waals surface area contributed by atoms with Gasteiger partial charge in [-0.25, -0.2) is 10.4 Å². The van der Waals surface area contributed by atoms with E-state index in [9.17, 15) is 5.11 Å². The monoisotopic (exact) mass is 447 g/mol. The fourth-order valence-corrected chi connectivity index (χ4v) is 3.05. The van der Waals surface area contributed by atoms with E-state index in [1.807, 2.05) is 63.0 Å². The predicted molar refractivity (Wildman–Crippen MR) is 130 cm³/mol. The maximum Gasteiger partial charge on any atom is 0.143 e. The Morgan fingerprint density at radius 1 is 1.16 bits per heavy atom. The third-order valence-electron chi connectivity index (χ3n) is 4.35. The molecule has 172 valence electrons. The van der Waals surface area contributed by atoms with Gasteiger partial charge in [-0.3, -0.25) is 0 Å². The molecule has 0 amide bonds. The molecule has 1 heterocycles. The summed E-state index contributed by atoms with van der Waals surface area (Å²) in [6.07, 6.45) is 0.291. The highest BCUT2D eigenvalue weighted by atomic mass is 35.5. The Kier molecular flexibility index (Phi) is 15.5. The van der Waals surface area contributed by atoms with E-state index in [0.29, 0.717) is 22.1 Å². The number of hydrogen-bond donors (Lipinski definition) is 2. The van der Waals surface area contributed by atoms with Gasteiger partial charge in [-0.05, 0) is 55.2 Å². The number of aliphatic hydroxyl groups excluding tert-OH is 1. The smallest absolute Gasteiger partial charge is 0.143 e. The summed E-state index contributed by atoms with van der Waals surface area (Å²) >= 11 is 5.91. The van der Waals surface area contributed by atoms with E-state index in [1.54, 1.807) is 25.3 Å². The van der Waals surface area contributed by atoms with Gasteiger partial charge in [0.25, 0.3) is 0 Å². The molecule has 0 aromatic heterocycles. The van der Waals surface area contributed by atoms with Crippen molar-refractivity contribution in [2.75, 3.05) is 20.2 Å². The lowest BCUT2D eigenvalue weighted by Gasteiger charge is -2.22. The van der Waals surface area contributed by atoms with Gasteiger partial charge in [0.15, 0.2) is 0 Å². The van der Waals surface area contributed by atoms with Crippen LogP contribution in [0.3, 0.4) is 0 Å².